The standard InChI is InChI=1S/C12H10BrNO3/c1-7(15)14-10-4-8(6-13)2-3-9(10)5-11(14)12(16)17/h2-5H,6H2,1H3,(H,16,17). The van der Waals surface area contributed by atoms with Crippen LogP contribution in [0.25, 0.3) is 10.9 Å². The zero-order valence-electron chi connectivity index (χ0n) is 9.11. The zero-order valence-corrected chi connectivity index (χ0v) is 10.7. The minimum absolute atomic E-state index is 0.000720. The molecule has 17 heavy (non-hydrogen) atoms. The van der Waals surface area contributed by atoms with E-state index in [9.17, 15) is 9.59 Å². The topological polar surface area (TPSA) is 59.3 Å². The molecule has 88 valence electrons. The average molecular weight is 296 g/mol. The van der Waals surface area contributed by atoms with E-state index in [1.165, 1.54) is 17.6 Å². The van der Waals surface area contributed by atoms with E-state index in [0.717, 1.165) is 10.9 Å². The maximum atomic E-state index is 11.5. The quantitative estimate of drug-likeness (QED) is 0.867. The second-order valence-electron chi connectivity index (χ2n) is 3.72. The molecule has 0 unspecified atom stereocenters. The molecule has 0 saturated carbocycles. The van der Waals surface area contributed by atoms with Crippen LogP contribution in [0.5, 0.6) is 0 Å². The van der Waals surface area contributed by atoms with Gasteiger partial charge in [-0.25, -0.2) is 4.79 Å². The van der Waals surface area contributed by atoms with Crippen molar-refractivity contribution in [1.29, 1.82) is 0 Å². The summed E-state index contributed by atoms with van der Waals surface area (Å²) in [5.74, 6) is -1.40. The van der Waals surface area contributed by atoms with Crippen LogP contribution < -0.4 is 0 Å². The summed E-state index contributed by atoms with van der Waals surface area (Å²) >= 11 is 3.33. The van der Waals surface area contributed by atoms with Gasteiger partial charge in [-0.3, -0.25) is 9.36 Å². The number of aromatic nitrogens is 1. The molecule has 0 aliphatic carbocycles. The van der Waals surface area contributed by atoms with Gasteiger partial charge >= 0.3 is 5.97 Å². The summed E-state index contributed by atoms with van der Waals surface area (Å²) in [7, 11) is 0. The molecular formula is C12H10BrNO3. The second-order valence-corrected chi connectivity index (χ2v) is 4.28. The second kappa shape index (κ2) is 4.33. The van der Waals surface area contributed by atoms with Gasteiger partial charge in [0.1, 0.15) is 5.69 Å². The molecular weight excluding hydrogens is 286 g/mol. The zero-order chi connectivity index (χ0) is 12.6. The number of benzene rings is 1. The first-order valence-corrected chi connectivity index (χ1v) is 6.11. The van der Waals surface area contributed by atoms with Crippen LogP contribution in [-0.4, -0.2) is 21.6 Å². The number of hydrogen-bond acceptors (Lipinski definition) is 2. The number of carbonyl (C=O) groups is 2. The lowest BCUT2D eigenvalue weighted by atomic mass is 10.2. The third kappa shape index (κ3) is 1.98. The summed E-state index contributed by atoms with van der Waals surface area (Å²) in [6.07, 6.45) is 0. The van der Waals surface area contributed by atoms with E-state index in [2.05, 4.69) is 15.9 Å². The SMILES string of the molecule is CC(=O)n1c(C(=O)O)cc2ccc(CBr)cc21. The minimum atomic E-state index is -1.10. The maximum absolute atomic E-state index is 11.5. The minimum Gasteiger partial charge on any atom is -0.477 e. The maximum Gasteiger partial charge on any atom is 0.352 e. The number of hydrogen-bond donors (Lipinski definition) is 1. The summed E-state index contributed by atoms with van der Waals surface area (Å²) in [6, 6.07) is 7.04. The molecule has 0 fully saturated rings. The molecule has 4 nitrogen and oxygen atoms in total. The van der Waals surface area contributed by atoms with Crippen LogP contribution in [0.3, 0.4) is 0 Å². The fourth-order valence-electron chi connectivity index (χ4n) is 1.83. The van der Waals surface area contributed by atoms with Crippen molar-refractivity contribution in [3.8, 4) is 0 Å². The predicted octanol–water partition coefficient (Wildman–Crippen LogP) is 2.89. The van der Waals surface area contributed by atoms with Gasteiger partial charge in [0.2, 0.25) is 5.91 Å². The number of halogens is 1. The lowest BCUT2D eigenvalue weighted by molar-refractivity contribution is 0.0676. The number of nitrogens with zero attached hydrogens (tertiary/aromatic N) is 1. The number of carbonyl (C=O) groups excluding carboxylic acids is 1. The van der Waals surface area contributed by atoms with Crippen molar-refractivity contribution in [3.63, 3.8) is 0 Å². The van der Waals surface area contributed by atoms with Crippen molar-refractivity contribution in [2.45, 2.75) is 12.3 Å². The van der Waals surface area contributed by atoms with Crippen LogP contribution in [0.15, 0.2) is 24.3 Å². The number of alkyl halides is 1. The first kappa shape index (κ1) is 11.9. The predicted molar refractivity (Wildman–Crippen MR) is 67.8 cm³/mol. The summed E-state index contributed by atoms with van der Waals surface area (Å²) in [5, 5.41) is 10.5. The Kier molecular flexibility index (Phi) is 3.02. The smallest absolute Gasteiger partial charge is 0.352 e. The molecule has 0 aliphatic rings. The van der Waals surface area contributed by atoms with Gasteiger partial charge in [-0.05, 0) is 17.7 Å². The molecule has 0 atom stereocenters. The molecule has 2 rings (SSSR count). The molecule has 0 aliphatic heterocycles. The summed E-state index contributed by atoms with van der Waals surface area (Å²) < 4.78 is 1.23. The fraction of sp³-hybridized carbons (Fsp3) is 0.167. The Morgan fingerprint density at radius 3 is 2.59 bits per heavy atom. The van der Waals surface area contributed by atoms with Crippen molar-refractivity contribution in [1.82, 2.24) is 4.57 Å². The highest BCUT2D eigenvalue weighted by Crippen LogP contribution is 2.22. The summed E-state index contributed by atoms with van der Waals surface area (Å²) in [4.78, 5) is 22.6. The lowest BCUT2D eigenvalue weighted by Gasteiger charge is -2.03. The number of fused-ring (bicyclic) bond motifs is 1. The molecule has 1 heterocycles. The average Bonchev–Trinajstić information content (AvgIpc) is 2.66. The van der Waals surface area contributed by atoms with Crippen molar-refractivity contribution in [2.75, 3.05) is 0 Å². The van der Waals surface area contributed by atoms with Crippen LogP contribution in [0.2, 0.25) is 0 Å². The normalized spacial score (nSPS) is 10.7. The van der Waals surface area contributed by atoms with Crippen LogP contribution in [0.1, 0.15) is 27.8 Å². The highest BCUT2D eigenvalue weighted by atomic mass is 79.9. The van der Waals surface area contributed by atoms with E-state index in [1.807, 2.05) is 18.2 Å². The van der Waals surface area contributed by atoms with Gasteiger partial charge in [-0.1, -0.05) is 28.1 Å². The van der Waals surface area contributed by atoms with Gasteiger partial charge in [0, 0.05) is 17.6 Å². The monoisotopic (exact) mass is 295 g/mol. The molecule has 1 N–H and O–H groups in total. The van der Waals surface area contributed by atoms with Crippen LogP contribution in [0, 0.1) is 0 Å². The van der Waals surface area contributed by atoms with Gasteiger partial charge in [-0.2, -0.15) is 0 Å². The Morgan fingerprint density at radius 1 is 1.35 bits per heavy atom. The van der Waals surface area contributed by atoms with E-state index in [4.69, 9.17) is 5.11 Å². The molecule has 0 saturated heterocycles. The van der Waals surface area contributed by atoms with Crippen molar-refractivity contribution in [2.24, 2.45) is 0 Å². The highest BCUT2D eigenvalue weighted by Gasteiger charge is 2.17. The first-order chi connectivity index (χ1) is 8.04. The van der Waals surface area contributed by atoms with Gasteiger partial charge in [0.25, 0.3) is 0 Å². The summed E-state index contributed by atoms with van der Waals surface area (Å²) in [6.45, 7) is 1.35. The summed E-state index contributed by atoms with van der Waals surface area (Å²) in [5.41, 5.74) is 1.63. The van der Waals surface area contributed by atoms with E-state index in [-0.39, 0.29) is 11.6 Å². The third-order valence-electron chi connectivity index (χ3n) is 2.56. The Labute approximate surface area is 106 Å². The largest absolute Gasteiger partial charge is 0.477 e. The Morgan fingerprint density at radius 2 is 2.06 bits per heavy atom. The van der Waals surface area contributed by atoms with Crippen molar-refractivity contribution < 1.29 is 14.7 Å². The van der Waals surface area contributed by atoms with Gasteiger partial charge in [0.15, 0.2) is 0 Å². The number of carboxylic acid groups (broad SMARTS) is 1. The van der Waals surface area contributed by atoms with E-state index >= 15 is 0 Å². The molecule has 0 amide bonds. The van der Waals surface area contributed by atoms with Crippen molar-refractivity contribution >= 4 is 38.7 Å². The first-order valence-electron chi connectivity index (χ1n) is 4.99. The Balaban J connectivity index is 2.81. The van der Waals surface area contributed by atoms with Gasteiger partial charge < -0.3 is 5.11 Å². The van der Waals surface area contributed by atoms with Crippen molar-refractivity contribution in [3.05, 3.63) is 35.5 Å². The third-order valence-corrected chi connectivity index (χ3v) is 3.20. The lowest BCUT2D eigenvalue weighted by Crippen LogP contribution is -2.13. The molecule has 0 bridgehead atoms. The molecule has 0 radical (unpaired) electrons. The molecule has 5 heteroatoms. The van der Waals surface area contributed by atoms with Crippen LogP contribution >= 0.6 is 15.9 Å². The van der Waals surface area contributed by atoms with E-state index < -0.39 is 5.97 Å². The molecule has 0 spiro atoms. The number of carboxylic acids is 1. The van der Waals surface area contributed by atoms with E-state index in [0.29, 0.717) is 10.8 Å². The molecule has 1 aromatic heterocycles. The highest BCUT2D eigenvalue weighted by molar-refractivity contribution is 9.08. The van der Waals surface area contributed by atoms with E-state index in [1.54, 1.807) is 0 Å². The molecule has 1 aromatic carbocycles. The van der Waals surface area contributed by atoms with Crippen LogP contribution in [0.4, 0.5) is 0 Å². The van der Waals surface area contributed by atoms with Gasteiger partial charge in [0.05, 0.1) is 5.52 Å². The van der Waals surface area contributed by atoms with Crippen LogP contribution in [-0.2, 0) is 5.33 Å². The number of rotatable bonds is 2. The number of aromatic carboxylic acids is 1. The Hall–Kier alpha value is -1.62. The fourth-order valence-corrected chi connectivity index (χ4v) is 2.18. The van der Waals surface area contributed by atoms with Gasteiger partial charge in [-0.15, -0.1) is 0 Å². The Bertz CT molecular complexity index is 615. The molecule has 2 aromatic rings.